The van der Waals surface area contributed by atoms with Crippen molar-refractivity contribution < 1.29 is 4.74 Å². The van der Waals surface area contributed by atoms with Crippen LogP contribution in [0.3, 0.4) is 0 Å². The number of hydrogen-bond donors (Lipinski definition) is 0. The first-order chi connectivity index (χ1) is 11.0. The summed E-state index contributed by atoms with van der Waals surface area (Å²) in [4.78, 5) is 0. The van der Waals surface area contributed by atoms with Crippen molar-refractivity contribution in [3.63, 3.8) is 0 Å². The predicted molar refractivity (Wildman–Crippen MR) is 102 cm³/mol. The molecule has 0 aliphatic carbocycles. The van der Waals surface area contributed by atoms with Crippen molar-refractivity contribution in [3.8, 4) is 5.75 Å². The van der Waals surface area contributed by atoms with E-state index in [0.717, 1.165) is 25.3 Å². The van der Waals surface area contributed by atoms with Crippen molar-refractivity contribution in [2.75, 3.05) is 24.4 Å². The Bertz CT molecular complexity index is 496. The van der Waals surface area contributed by atoms with Crippen LogP contribution in [0.15, 0.2) is 18.2 Å². The van der Waals surface area contributed by atoms with Gasteiger partial charge in [0.05, 0.1) is 5.69 Å². The molecule has 1 aliphatic heterocycles. The molecule has 4 heteroatoms. The van der Waals surface area contributed by atoms with Crippen LogP contribution in [0.25, 0.3) is 0 Å². The summed E-state index contributed by atoms with van der Waals surface area (Å²) in [6, 6.07) is 6.52. The highest BCUT2D eigenvalue weighted by molar-refractivity contribution is 7.98. The van der Waals surface area contributed by atoms with Gasteiger partial charge in [-0.05, 0) is 32.8 Å². The van der Waals surface area contributed by atoms with E-state index in [2.05, 4.69) is 61.6 Å². The van der Waals surface area contributed by atoms with E-state index in [1.807, 2.05) is 12.1 Å². The van der Waals surface area contributed by atoms with Crippen molar-refractivity contribution >= 4 is 17.8 Å². The van der Waals surface area contributed by atoms with Crippen LogP contribution in [0.5, 0.6) is 5.75 Å². The number of anilines is 1. The summed E-state index contributed by atoms with van der Waals surface area (Å²) in [5.41, 5.74) is 2.43. The van der Waals surface area contributed by atoms with Gasteiger partial charge >= 0.3 is 0 Å². The highest BCUT2D eigenvalue weighted by atomic mass is 32.2. The molecule has 23 heavy (non-hydrogen) atoms. The summed E-state index contributed by atoms with van der Waals surface area (Å²) < 4.78 is 11.0. The third-order valence-electron chi connectivity index (χ3n) is 4.17. The first kappa shape index (κ1) is 18.5. The molecule has 0 spiro atoms. The van der Waals surface area contributed by atoms with E-state index >= 15 is 0 Å². The molecule has 0 unspecified atom stereocenters. The standard InChI is InChI=1S/C19H32N2OS/c1-6-8-13-21(14-9-7-2)23-20(5)17-12-10-11-16-15-19(3,4)22-18(16)17/h10-12H,6-9,13-15H2,1-5H3. The molecular weight excluding hydrogens is 304 g/mol. The van der Waals surface area contributed by atoms with E-state index in [9.17, 15) is 0 Å². The molecule has 0 aromatic heterocycles. The van der Waals surface area contributed by atoms with Crippen LogP contribution in [-0.4, -0.2) is 30.0 Å². The number of benzene rings is 1. The summed E-state index contributed by atoms with van der Waals surface area (Å²) >= 11 is 1.83. The molecule has 3 nitrogen and oxygen atoms in total. The molecule has 1 aromatic carbocycles. The van der Waals surface area contributed by atoms with Gasteiger partial charge in [0.25, 0.3) is 0 Å². The number of hydrogen-bond acceptors (Lipinski definition) is 4. The predicted octanol–water partition coefficient (Wildman–Crippen LogP) is 5.30. The van der Waals surface area contributed by atoms with Crippen LogP contribution >= 0.6 is 12.1 Å². The van der Waals surface area contributed by atoms with Crippen LogP contribution in [0.2, 0.25) is 0 Å². The van der Waals surface area contributed by atoms with Gasteiger partial charge in [-0.2, -0.15) is 0 Å². The summed E-state index contributed by atoms with van der Waals surface area (Å²) in [5, 5.41) is 0. The van der Waals surface area contributed by atoms with Gasteiger partial charge in [0, 0.05) is 44.3 Å². The topological polar surface area (TPSA) is 15.7 Å². The Hall–Kier alpha value is -0.870. The maximum atomic E-state index is 6.22. The normalized spacial score (nSPS) is 15.6. The summed E-state index contributed by atoms with van der Waals surface area (Å²) in [5.74, 6) is 1.07. The Morgan fingerprint density at radius 3 is 2.39 bits per heavy atom. The zero-order chi connectivity index (χ0) is 16.9. The average Bonchev–Trinajstić information content (AvgIpc) is 2.83. The summed E-state index contributed by atoms with van der Waals surface area (Å²) in [6.07, 6.45) is 5.97. The zero-order valence-corrected chi connectivity index (χ0v) is 16.2. The van der Waals surface area contributed by atoms with Gasteiger partial charge in [0.2, 0.25) is 0 Å². The van der Waals surface area contributed by atoms with E-state index < -0.39 is 0 Å². The van der Waals surface area contributed by atoms with Gasteiger partial charge in [-0.25, -0.2) is 4.31 Å². The Balaban J connectivity index is 2.08. The fourth-order valence-electron chi connectivity index (χ4n) is 2.93. The lowest BCUT2D eigenvalue weighted by Gasteiger charge is -2.28. The highest BCUT2D eigenvalue weighted by Gasteiger charge is 2.32. The minimum absolute atomic E-state index is 0.0892. The number of unbranched alkanes of at least 4 members (excludes halogenated alkanes) is 2. The molecule has 130 valence electrons. The Kier molecular flexibility index (Phi) is 6.66. The van der Waals surface area contributed by atoms with E-state index in [1.54, 1.807) is 0 Å². The number of para-hydroxylation sites is 1. The third-order valence-corrected chi connectivity index (χ3v) is 5.21. The lowest BCUT2D eigenvalue weighted by Crippen LogP contribution is -2.26. The molecule has 2 rings (SSSR count). The fourth-order valence-corrected chi connectivity index (χ4v) is 3.93. The molecular formula is C19H32N2OS. The molecule has 0 N–H and O–H groups in total. The quantitative estimate of drug-likeness (QED) is 0.568. The van der Waals surface area contributed by atoms with E-state index in [4.69, 9.17) is 4.74 Å². The second-order valence-electron chi connectivity index (χ2n) is 7.02. The lowest BCUT2D eigenvalue weighted by molar-refractivity contribution is 0.139. The van der Waals surface area contributed by atoms with Crippen LogP contribution in [0.4, 0.5) is 5.69 Å². The Morgan fingerprint density at radius 2 is 1.78 bits per heavy atom. The Labute approximate surface area is 146 Å². The van der Waals surface area contributed by atoms with Gasteiger partial charge in [0.1, 0.15) is 11.4 Å². The van der Waals surface area contributed by atoms with Gasteiger partial charge in [0.15, 0.2) is 0 Å². The molecule has 0 bridgehead atoms. The average molecular weight is 337 g/mol. The minimum Gasteiger partial charge on any atom is -0.485 e. The number of nitrogens with zero attached hydrogens (tertiary/aromatic N) is 2. The smallest absolute Gasteiger partial charge is 0.147 e. The SMILES string of the molecule is CCCCN(CCCC)SN(C)c1cccc2c1OC(C)(C)C2. The number of fused-ring (bicyclic) bond motifs is 1. The second-order valence-corrected chi connectivity index (χ2v) is 8.25. The Morgan fingerprint density at radius 1 is 1.13 bits per heavy atom. The molecule has 0 saturated carbocycles. The zero-order valence-electron chi connectivity index (χ0n) is 15.4. The van der Waals surface area contributed by atoms with Gasteiger partial charge in [-0.15, -0.1) is 0 Å². The third kappa shape index (κ3) is 5.05. The first-order valence-electron chi connectivity index (χ1n) is 8.94. The maximum absolute atomic E-state index is 6.22. The molecule has 0 amide bonds. The van der Waals surface area contributed by atoms with Crippen LogP contribution in [0.1, 0.15) is 58.9 Å². The van der Waals surface area contributed by atoms with E-state index in [0.29, 0.717) is 0 Å². The molecule has 0 saturated heterocycles. The van der Waals surface area contributed by atoms with Crippen molar-refractivity contribution in [2.45, 2.75) is 65.4 Å². The van der Waals surface area contributed by atoms with Crippen molar-refractivity contribution in [1.82, 2.24) is 4.31 Å². The van der Waals surface area contributed by atoms with Crippen molar-refractivity contribution in [2.24, 2.45) is 0 Å². The molecule has 1 heterocycles. The monoisotopic (exact) mass is 336 g/mol. The molecule has 0 fully saturated rings. The maximum Gasteiger partial charge on any atom is 0.147 e. The largest absolute Gasteiger partial charge is 0.485 e. The molecule has 1 aromatic rings. The lowest BCUT2D eigenvalue weighted by atomic mass is 10.0. The van der Waals surface area contributed by atoms with Gasteiger partial charge in [-0.3, -0.25) is 0 Å². The first-order valence-corrected chi connectivity index (χ1v) is 9.67. The minimum atomic E-state index is -0.0892. The molecule has 1 aliphatic rings. The molecule has 0 radical (unpaired) electrons. The van der Waals surface area contributed by atoms with Crippen LogP contribution in [0, 0.1) is 0 Å². The van der Waals surface area contributed by atoms with Gasteiger partial charge < -0.3 is 9.04 Å². The van der Waals surface area contributed by atoms with E-state index in [1.165, 1.54) is 36.9 Å². The fraction of sp³-hybridized carbons (Fsp3) is 0.684. The van der Waals surface area contributed by atoms with Crippen LogP contribution in [-0.2, 0) is 6.42 Å². The summed E-state index contributed by atoms with van der Waals surface area (Å²) in [7, 11) is 2.15. The highest BCUT2D eigenvalue weighted by Crippen LogP contribution is 2.43. The van der Waals surface area contributed by atoms with Crippen molar-refractivity contribution in [1.29, 1.82) is 0 Å². The van der Waals surface area contributed by atoms with Gasteiger partial charge in [-0.1, -0.05) is 38.8 Å². The number of rotatable bonds is 9. The molecule has 0 atom stereocenters. The van der Waals surface area contributed by atoms with Crippen molar-refractivity contribution in [3.05, 3.63) is 23.8 Å². The second kappa shape index (κ2) is 8.29. The summed E-state index contributed by atoms with van der Waals surface area (Å²) in [6.45, 7) is 11.1. The van der Waals surface area contributed by atoms with Crippen LogP contribution < -0.4 is 9.04 Å². The van der Waals surface area contributed by atoms with E-state index in [-0.39, 0.29) is 5.60 Å². The number of ether oxygens (including phenoxy) is 1.